The number of benzene rings is 1. The summed E-state index contributed by atoms with van der Waals surface area (Å²) >= 11 is 0. The first-order chi connectivity index (χ1) is 6.17. The molecule has 0 saturated heterocycles. The molecule has 2 rings (SSSR count). The van der Waals surface area contributed by atoms with E-state index in [2.05, 4.69) is 9.98 Å². The van der Waals surface area contributed by atoms with Gasteiger partial charge in [0.05, 0.1) is 5.54 Å². The van der Waals surface area contributed by atoms with Crippen molar-refractivity contribution in [3.05, 3.63) is 35.9 Å². The van der Waals surface area contributed by atoms with E-state index in [0.29, 0.717) is 0 Å². The monoisotopic (exact) mass is 172 g/mol. The summed E-state index contributed by atoms with van der Waals surface area (Å²) in [6, 6.07) is 10.0. The van der Waals surface area contributed by atoms with Gasteiger partial charge in [0.25, 0.3) is 0 Å². The van der Waals surface area contributed by atoms with Crippen molar-refractivity contribution in [2.45, 2.75) is 19.4 Å². The Kier molecular flexibility index (Phi) is 1.76. The third kappa shape index (κ3) is 1.66. The summed E-state index contributed by atoms with van der Waals surface area (Å²) < 4.78 is 0. The lowest BCUT2D eigenvalue weighted by atomic mass is 10.1. The fourth-order valence-electron chi connectivity index (χ4n) is 1.28. The predicted molar refractivity (Wildman–Crippen MR) is 55.6 cm³/mol. The first-order valence-corrected chi connectivity index (χ1v) is 4.38. The lowest BCUT2D eigenvalue weighted by Gasteiger charge is -2.06. The van der Waals surface area contributed by atoms with Crippen LogP contribution in [0.15, 0.2) is 40.3 Å². The van der Waals surface area contributed by atoms with Gasteiger partial charge in [0.15, 0.2) is 5.84 Å². The molecule has 0 aliphatic carbocycles. The van der Waals surface area contributed by atoms with Gasteiger partial charge >= 0.3 is 0 Å². The van der Waals surface area contributed by atoms with Gasteiger partial charge in [-0.25, -0.2) is 4.99 Å². The Morgan fingerprint density at radius 2 is 1.77 bits per heavy atom. The molecule has 0 aromatic heterocycles. The van der Waals surface area contributed by atoms with E-state index >= 15 is 0 Å². The molecule has 0 bridgehead atoms. The molecule has 1 aliphatic rings. The summed E-state index contributed by atoms with van der Waals surface area (Å²) in [6.07, 6.45) is 1.88. The molecular formula is C11H12N2. The first kappa shape index (κ1) is 8.17. The van der Waals surface area contributed by atoms with E-state index < -0.39 is 0 Å². The van der Waals surface area contributed by atoms with Gasteiger partial charge in [-0.15, -0.1) is 0 Å². The number of nitrogens with zero attached hydrogens (tertiary/aromatic N) is 2. The standard InChI is InChI=1S/C11H12N2/c1-11(2)8-12-10(13-11)9-6-4-3-5-7-9/h3-8H,1-2H3. The maximum absolute atomic E-state index is 4.49. The van der Waals surface area contributed by atoms with Crippen LogP contribution in [0.3, 0.4) is 0 Å². The minimum atomic E-state index is -0.134. The van der Waals surface area contributed by atoms with E-state index in [9.17, 15) is 0 Å². The number of hydrogen-bond donors (Lipinski definition) is 0. The number of hydrogen-bond acceptors (Lipinski definition) is 2. The Labute approximate surface area is 78.0 Å². The van der Waals surface area contributed by atoms with Gasteiger partial charge in [-0.1, -0.05) is 30.3 Å². The third-order valence-electron chi connectivity index (χ3n) is 1.93. The molecule has 0 amide bonds. The molecule has 1 aromatic carbocycles. The summed E-state index contributed by atoms with van der Waals surface area (Å²) in [5.74, 6) is 0.839. The molecule has 0 fully saturated rings. The molecule has 0 atom stereocenters. The van der Waals surface area contributed by atoms with Crippen LogP contribution in [-0.4, -0.2) is 17.6 Å². The average molecular weight is 172 g/mol. The molecule has 0 saturated carbocycles. The molecule has 2 heteroatoms. The molecule has 0 radical (unpaired) electrons. The average Bonchev–Trinajstić information content (AvgIpc) is 2.48. The quantitative estimate of drug-likeness (QED) is 0.621. The Balaban J connectivity index is 2.36. The van der Waals surface area contributed by atoms with Gasteiger partial charge in [0.2, 0.25) is 0 Å². The zero-order valence-corrected chi connectivity index (χ0v) is 7.86. The van der Waals surface area contributed by atoms with Crippen LogP contribution >= 0.6 is 0 Å². The highest BCUT2D eigenvalue weighted by Crippen LogP contribution is 2.16. The van der Waals surface area contributed by atoms with Gasteiger partial charge in [-0.05, 0) is 13.8 Å². The van der Waals surface area contributed by atoms with Crippen LogP contribution in [-0.2, 0) is 0 Å². The Morgan fingerprint density at radius 3 is 2.31 bits per heavy atom. The second-order valence-corrected chi connectivity index (χ2v) is 3.71. The summed E-state index contributed by atoms with van der Waals surface area (Å²) in [5.41, 5.74) is 0.954. The van der Waals surface area contributed by atoms with Crippen LogP contribution in [0.2, 0.25) is 0 Å². The summed E-state index contributed by atoms with van der Waals surface area (Å²) in [6.45, 7) is 4.10. The zero-order chi connectivity index (χ0) is 9.31. The van der Waals surface area contributed by atoms with E-state index in [-0.39, 0.29) is 5.54 Å². The molecule has 1 heterocycles. The van der Waals surface area contributed by atoms with E-state index in [4.69, 9.17) is 0 Å². The van der Waals surface area contributed by atoms with E-state index in [1.54, 1.807) is 0 Å². The predicted octanol–water partition coefficient (Wildman–Crippen LogP) is 2.30. The third-order valence-corrected chi connectivity index (χ3v) is 1.93. The minimum Gasteiger partial charge on any atom is -0.254 e. The van der Waals surface area contributed by atoms with Crippen LogP contribution in [0.1, 0.15) is 19.4 Å². The van der Waals surface area contributed by atoms with E-state index in [0.717, 1.165) is 11.4 Å². The molecule has 0 N–H and O–H groups in total. The van der Waals surface area contributed by atoms with Gasteiger partial charge in [-0.2, -0.15) is 0 Å². The first-order valence-electron chi connectivity index (χ1n) is 4.38. The van der Waals surface area contributed by atoms with Gasteiger partial charge in [0.1, 0.15) is 0 Å². The van der Waals surface area contributed by atoms with Crippen LogP contribution in [0.4, 0.5) is 0 Å². The minimum absolute atomic E-state index is 0.134. The van der Waals surface area contributed by atoms with Gasteiger partial charge < -0.3 is 0 Å². The molecule has 0 spiro atoms. The lowest BCUT2D eigenvalue weighted by Crippen LogP contribution is -2.14. The van der Waals surface area contributed by atoms with E-state index in [1.807, 2.05) is 50.4 Å². The SMILES string of the molecule is CC1(C)C=NC(c2ccccc2)=N1. The van der Waals surface area contributed by atoms with Gasteiger partial charge in [-0.3, -0.25) is 4.99 Å². The second kappa shape index (κ2) is 2.80. The van der Waals surface area contributed by atoms with Crippen molar-refractivity contribution in [1.29, 1.82) is 0 Å². The fraction of sp³-hybridized carbons (Fsp3) is 0.273. The topological polar surface area (TPSA) is 24.7 Å². The maximum atomic E-state index is 4.49. The van der Waals surface area contributed by atoms with Crippen LogP contribution in [0.5, 0.6) is 0 Å². The molecule has 0 unspecified atom stereocenters. The molecule has 1 aliphatic heterocycles. The van der Waals surface area contributed by atoms with Crippen molar-refractivity contribution in [1.82, 2.24) is 0 Å². The van der Waals surface area contributed by atoms with Crippen molar-refractivity contribution in [2.75, 3.05) is 0 Å². The summed E-state index contributed by atoms with van der Waals surface area (Å²) in [4.78, 5) is 8.77. The van der Waals surface area contributed by atoms with Crippen molar-refractivity contribution in [2.24, 2.45) is 9.98 Å². The van der Waals surface area contributed by atoms with Crippen LogP contribution in [0, 0.1) is 0 Å². The zero-order valence-electron chi connectivity index (χ0n) is 7.86. The van der Waals surface area contributed by atoms with Crippen molar-refractivity contribution in [3.8, 4) is 0 Å². The summed E-state index contributed by atoms with van der Waals surface area (Å²) in [7, 11) is 0. The summed E-state index contributed by atoms with van der Waals surface area (Å²) in [5, 5.41) is 0. The highest BCUT2D eigenvalue weighted by Gasteiger charge is 2.20. The highest BCUT2D eigenvalue weighted by molar-refractivity contribution is 6.07. The smallest absolute Gasteiger partial charge is 0.155 e. The molecule has 2 nitrogen and oxygen atoms in total. The molecular weight excluding hydrogens is 160 g/mol. The number of amidine groups is 1. The number of rotatable bonds is 1. The largest absolute Gasteiger partial charge is 0.254 e. The lowest BCUT2D eigenvalue weighted by molar-refractivity contribution is 0.731. The fourth-order valence-corrected chi connectivity index (χ4v) is 1.28. The second-order valence-electron chi connectivity index (χ2n) is 3.71. The molecule has 13 heavy (non-hydrogen) atoms. The normalized spacial score (nSPS) is 18.8. The highest BCUT2D eigenvalue weighted by atomic mass is 15.0. The van der Waals surface area contributed by atoms with E-state index in [1.165, 1.54) is 0 Å². The van der Waals surface area contributed by atoms with Crippen molar-refractivity contribution >= 4 is 12.1 Å². The Hall–Kier alpha value is -1.44. The van der Waals surface area contributed by atoms with Gasteiger partial charge in [0, 0.05) is 11.8 Å². The van der Waals surface area contributed by atoms with Crippen LogP contribution in [0.25, 0.3) is 0 Å². The molecule has 1 aromatic rings. The maximum Gasteiger partial charge on any atom is 0.155 e. The number of aliphatic imine (C=N–C) groups is 2. The Morgan fingerprint density at radius 1 is 1.08 bits per heavy atom. The van der Waals surface area contributed by atoms with Crippen molar-refractivity contribution < 1.29 is 0 Å². The van der Waals surface area contributed by atoms with Crippen LogP contribution < -0.4 is 0 Å². The van der Waals surface area contributed by atoms with Crippen molar-refractivity contribution in [3.63, 3.8) is 0 Å². The Bertz CT molecular complexity index is 361. The molecule has 66 valence electrons.